The molecular weight excluding hydrogens is 1190 g/mol. The predicted molar refractivity (Wildman–Crippen MR) is 415 cm³/mol. The van der Waals surface area contributed by atoms with Crippen LogP contribution in [0.4, 0.5) is 0 Å². The summed E-state index contributed by atoms with van der Waals surface area (Å²) < 4.78 is 0. The van der Waals surface area contributed by atoms with E-state index in [2.05, 4.69) is 382 Å². The molecule has 0 heterocycles. The summed E-state index contributed by atoms with van der Waals surface area (Å²) in [6, 6.07) is 131. The van der Waals surface area contributed by atoms with E-state index in [4.69, 9.17) is 0 Å². The van der Waals surface area contributed by atoms with Gasteiger partial charge in [0.2, 0.25) is 0 Å². The lowest BCUT2D eigenvalue weighted by atomic mass is 9.63. The number of hydrogen-bond donors (Lipinski definition) is 0. The first-order chi connectivity index (χ1) is 49.0. The molecule has 0 aromatic heterocycles. The molecule has 14 aromatic rings. The zero-order chi connectivity index (χ0) is 65.6. The van der Waals surface area contributed by atoms with Gasteiger partial charge in [0.25, 0.3) is 0 Å². The molecule has 1 spiro atoms. The van der Waals surface area contributed by atoms with E-state index in [9.17, 15) is 0 Å². The highest BCUT2D eigenvalue weighted by atomic mass is 14.6. The minimum atomic E-state index is -0.453. The number of fused-ring (bicyclic) bond motifs is 10. The summed E-state index contributed by atoms with van der Waals surface area (Å²) >= 11 is 0. The predicted octanol–water partition coefficient (Wildman–Crippen LogP) is 25.4. The first-order valence-corrected chi connectivity index (χ1v) is 35.1. The van der Waals surface area contributed by atoms with Crippen LogP contribution >= 0.6 is 0 Å². The Labute approximate surface area is 582 Å². The van der Waals surface area contributed by atoms with E-state index in [1.807, 2.05) is 0 Å². The van der Waals surface area contributed by atoms with Gasteiger partial charge in [-0.3, -0.25) is 0 Å². The summed E-state index contributed by atoms with van der Waals surface area (Å²) in [7, 11) is 0. The molecular formula is C99H72. The molecule has 0 N–H and O–H groups in total. The van der Waals surface area contributed by atoms with Crippen molar-refractivity contribution >= 4 is 11.1 Å². The molecule has 0 heteroatoms. The lowest BCUT2D eigenvalue weighted by Crippen LogP contribution is -2.34. The number of rotatable bonds is 14. The van der Waals surface area contributed by atoms with Gasteiger partial charge in [0.1, 0.15) is 0 Å². The van der Waals surface area contributed by atoms with Gasteiger partial charge in [0.15, 0.2) is 0 Å². The van der Waals surface area contributed by atoms with Crippen LogP contribution in [0, 0.1) is 5.92 Å². The van der Waals surface area contributed by atoms with Crippen LogP contribution in [0.25, 0.3) is 100 Å². The highest BCUT2D eigenvalue weighted by Crippen LogP contribution is 2.68. The van der Waals surface area contributed by atoms with Crippen LogP contribution < -0.4 is 0 Å². The summed E-state index contributed by atoms with van der Waals surface area (Å²) in [6.45, 7) is 0. The van der Waals surface area contributed by atoms with Crippen LogP contribution in [0.15, 0.2) is 388 Å². The van der Waals surface area contributed by atoms with Crippen molar-refractivity contribution in [2.45, 2.75) is 36.5 Å². The van der Waals surface area contributed by atoms with Crippen LogP contribution in [0.5, 0.6) is 0 Å². The van der Waals surface area contributed by atoms with E-state index < -0.39 is 5.41 Å². The first-order valence-electron chi connectivity index (χ1n) is 35.1. The topological polar surface area (TPSA) is 0 Å². The quantitative estimate of drug-likeness (QED) is 0.102. The molecule has 0 radical (unpaired) electrons. The van der Waals surface area contributed by atoms with E-state index in [0.29, 0.717) is 0 Å². The van der Waals surface area contributed by atoms with E-state index >= 15 is 0 Å². The number of benzene rings is 14. The van der Waals surface area contributed by atoms with E-state index in [1.54, 1.807) is 0 Å². The second kappa shape index (κ2) is 25.6. The summed E-state index contributed by atoms with van der Waals surface area (Å²) in [5, 5.41) is 0. The molecule has 3 unspecified atom stereocenters. The zero-order valence-electron chi connectivity index (χ0n) is 55.2. The largest absolute Gasteiger partial charge is 0.0757 e. The van der Waals surface area contributed by atoms with Gasteiger partial charge in [-0.15, -0.1) is 0 Å². The maximum absolute atomic E-state index is 2.70. The van der Waals surface area contributed by atoms with Crippen molar-refractivity contribution in [3.8, 4) is 89.0 Å². The smallest absolute Gasteiger partial charge is 0.0498 e. The van der Waals surface area contributed by atoms with Gasteiger partial charge in [-0.25, -0.2) is 0 Å². The third-order valence-corrected chi connectivity index (χ3v) is 21.7. The van der Waals surface area contributed by atoms with Crippen LogP contribution in [-0.2, 0) is 18.3 Å². The Morgan fingerprint density at radius 2 is 0.616 bits per heavy atom. The van der Waals surface area contributed by atoms with Crippen molar-refractivity contribution in [3.63, 3.8) is 0 Å². The van der Waals surface area contributed by atoms with E-state index in [0.717, 1.165) is 19.3 Å². The fourth-order valence-electron chi connectivity index (χ4n) is 16.7. The molecule has 468 valence electrons. The van der Waals surface area contributed by atoms with Gasteiger partial charge in [0.05, 0.1) is 0 Å². The SMILES string of the molecule is C1=CC2c3cc(Cc4ccc(-c5ccc(-c6ccccc6)cc5)cc4)ccc3C3(C4=CC(c5ccc(-c6ccc(-c7ccccc7)cc6)cc5)=CCC4c4ccc(Cc5cccc(-c6ccc(-c7ccccc7)cc6)c5)cc43)[C@@H]2C=C1c1ccc(-c2ccc(-c3ccccc3)cc2)cc1. The maximum Gasteiger partial charge on any atom is 0.0498 e. The third-order valence-electron chi connectivity index (χ3n) is 21.7. The monoisotopic (exact) mass is 1260 g/mol. The Balaban J connectivity index is 0.736. The molecule has 4 aliphatic carbocycles. The minimum absolute atomic E-state index is 0.105. The standard InChI is InChI=1S/C99H72/c1-5-15-71(16-6-1)76-30-36-80(37-31-76)75-28-24-67(25-29-75)60-69-27-59-95-94(63-69)93-58-55-90(87-52-46-84(47-53-87)82-40-34-78(35-41-82)73-19-9-3-10-20-73)66-98(93)99(95)96-64-70(61-68-14-13-23-88(62-68)85-48-42-79(43-49-85)74-21-11-4-12-22-74)26-56-91(96)92-57-54-89(65-97(92)99)86-50-44-83(45-51-86)81-38-32-77(33-39-81)72-17-7-2-8-18-72/h1-56,58-59,62-66,92-93,98H,57,60-61H2/t92?,93?,98-,99?/m1/s1. The molecule has 0 saturated heterocycles. The second-order valence-electron chi connectivity index (χ2n) is 27.4. The van der Waals surface area contributed by atoms with Crippen LogP contribution in [0.1, 0.15) is 73.9 Å². The Hall–Kier alpha value is -12.0. The average Bonchev–Trinajstić information content (AvgIpc) is 1.51. The Morgan fingerprint density at radius 3 is 1.08 bits per heavy atom. The average molecular weight is 1260 g/mol. The molecule has 18 rings (SSSR count). The van der Waals surface area contributed by atoms with Crippen molar-refractivity contribution in [1.29, 1.82) is 0 Å². The molecule has 0 bridgehead atoms. The highest BCUT2D eigenvalue weighted by molar-refractivity contribution is 5.86. The maximum atomic E-state index is 2.70. The van der Waals surface area contributed by atoms with Gasteiger partial charge in [-0.1, -0.05) is 382 Å². The normalized spacial score (nSPS) is 17.0. The summed E-state index contributed by atoms with van der Waals surface area (Å²) in [4.78, 5) is 0. The molecule has 4 aliphatic rings. The first kappa shape index (κ1) is 59.5. The van der Waals surface area contributed by atoms with Crippen molar-refractivity contribution in [1.82, 2.24) is 0 Å². The molecule has 99 heavy (non-hydrogen) atoms. The van der Waals surface area contributed by atoms with Crippen LogP contribution in [0.2, 0.25) is 0 Å². The number of hydrogen-bond acceptors (Lipinski definition) is 0. The summed E-state index contributed by atoms with van der Waals surface area (Å²) in [5.41, 5.74) is 36.9. The van der Waals surface area contributed by atoms with Gasteiger partial charge >= 0.3 is 0 Å². The fourth-order valence-corrected chi connectivity index (χ4v) is 16.7. The molecule has 0 nitrogen and oxygen atoms in total. The second-order valence-corrected chi connectivity index (χ2v) is 27.4. The lowest BCUT2D eigenvalue weighted by Gasteiger charge is -2.39. The van der Waals surface area contributed by atoms with Crippen molar-refractivity contribution in [2.75, 3.05) is 0 Å². The lowest BCUT2D eigenvalue weighted by molar-refractivity contribution is 0.451. The fraction of sp³-hybridized carbons (Fsp3) is 0.0707. The van der Waals surface area contributed by atoms with Crippen LogP contribution in [0.3, 0.4) is 0 Å². The van der Waals surface area contributed by atoms with Gasteiger partial charge < -0.3 is 0 Å². The molecule has 0 amide bonds. The van der Waals surface area contributed by atoms with E-state index in [1.165, 1.54) is 161 Å². The van der Waals surface area contributed by atoms with Gasteiger partial charge in [0, 0.05) is 23.2 Å². The van der Waals surface area contributed by atoms with Crippen LogP contribution in [-0.4, -0.2) is 0 Å². The Morgan fingerprint density at radius 1 is 0.263 bits per heavy atom. The Bertz CT molecular complexity index is 5400. The van der Waals surface area contributed by atoms with Crippen molar-refractivity contribution < 1.29 is 0 Å². The minimum Gasteiger partial charge on any atom is -0.0757 e. The summed E-state index contributed by atoms with van der Waals surface area (Å²) in [6.07, 6.45) is 15.5. The van der Waals surface area contributed by atoms with E-state index in [-0.39, 0.29) is 17.8 Å². The zero-order valence-corrected chi connectivity index (χ0v) is 55.2. The summed E-state index contributed by atoms with van der Waals surface area (Å²) in [5.74, 6) is 0.473. The van der Waals surface area contributed by atoms with Gasteiger partial charge in [-0.05, 0) is 181 Å². The van der Waals surface area contributed by atoms with Crippen molar-refractivity contribution in [2.24, 2.45) is 5.92 Å². The Kier molecular flexibility index (Phi) is 15.4. The van der Waals surface area contributed by atoms with Gasteiger partial charge in [-0.2, -0.15) is 0 Å². The highest BCUT2D eigenvalue weighted by Gasteiger charge is 2.60. The van der Waals surface area contributed by atoms with Crippen molar-refractivity contribution in [3.05, 3.63) is 443 Å². The third kappa shape index (κ3) is 11.3. The number of allylic oxidation sites excluding steroid dienone is 8. The molecule has 0 fully saturated rings. The molecule has 0 aliphatic heterocycles. The molecule has 4 atom stereocenters. The molecule has 14 aromatic carbocycles. The molecule has 0 saturated carbocycles.